The summed E-state index contributed by atoms with van der Waals surface area (Å²) in [4.78, 5) is 3.28. The molecule has 0 radical (unpaired) electrons. The van der Waals surface area contributed by atoms with Crippen LogP contribution in [0.5, 0.6) is 0 Å². The van der Waals surface area contributed by atoms with E-state index in [1.54, 1.807) is 0 Å². The first-order valence-corrected chi connectivity index (χ1v) is 6.71. The van der Waals surface area contributed by atoms with E-state index in [4.69, 9.17) is 5.73 Å². The second kappa shape index (κ2) is 5.29. The van der Waals surface area contributed by atoms with E-state index < -0.39 is 0 Å². The van der Waals surface area contributed by atoms with E-state index in [2.05, 4.69) is 59.6 Å². The third-order valence-electron chi connectivity index (χ3n) is 3.66. The average Bonchev–Trinajstić information content (AvgIpc) is 2.94. The first-order chi connectivity index (χ1) is 9.40. The summed E-state index contributed by atoms with van der Waals surface area (Å²) in [5.41, 5.74) is 9.70. The zero-order valence-electron chi connectivity index (χ0n) is 10.8. The first kappa shape index (κ1) is 12.0. The second-order valence-electron chi connectivity index (χ2n) is 4.83. The van der Waals surface area contributed by atoms with Crippen LogP contribution >= 0.6 is 0 Å². The molecule has 2 aromatic carbocycles. The van der Waals surface area contributed by atoms with Gasteiger partial charge in [-0.2, -0.15) is 0 Å². The molecule has 0 aliphatic carbocycles. The fourth-order valence-electron chi connectivity index (χ4n) is 2.77. The molecule has 96 valence electrons. The molecular weight excluding hydrogens is 232 g/mol. The van der Waals surface area contributed by atoms with Gasteiger partial charge in [-0.1, -0.05) is 42.5 Å². The highest BCUT2D eigenvalue weighted by Crippen LogP contribution is 2.32. The molecule has 1 atom stereocenters. The maximum atomic E-state index is 5.82. The normalized spacial score (nSPS) is 12.7. The molecule has 2 nitrogen and oxygen atoms in total. The van der Waals surface area contributed by atoms with Gasteiger partial charge in [0.1, 0.15) is 0 Å². The van der Waals surface area contributed by atoms with Gasteiger partial charge in [0.05, 0.1) is 0 Å². The standard InChI is InChI=1S/C17H18N2/c18-11-9-14(13-5-2-1-3-6-13)15-7-4-8-17-16(15)10-12-19-17/h1-8,10,12,14,19H,9,11,18H2/t14-/m1/s1. The van der Waals surface area contributed by atoms with Crippen LogP contribution in [0.15, 0.2) is 60.8 Å². The summed E-state index contributed by atoms with van der Waals surface area (Å²) in [6.07, 6.45) is 2.97. The smallest absolute Gasteiger partial charge is 0.0456 e. The van der Waals surface area contributed by atoms with Crippen molar-refractivity contribution < 1.29 is 0 Å². The van der Waals surface area contributed by atoms with Gasteiger partial charge in [0.15, 0.2) is 0 Å². The number of nitrogens with two attached hydrogens (primary N) is 1. The number of benzene rings is 2. The van der Waals surface area contributed by atoms with Crippen molar-refractivity contribution in [1.29, 1.82) is 0 Å². The third-order valence-corrected chi connectivity index (χ3v) is 3.66. The van der Waals surface area contributed by atoms with Crippen LogP contribution in [0.2, 0.25) is 0 Å². The summed E-state index contributed by atoms with van der Waals surface area (Å²) < 4.78 is 0. The highest BCUT2D eigenvalue weighted by atomic mass is 14.7. The molecule has 0 aliphatic rings. The molecule has 0 fully saturated rings. The molecule has 1 heterocycles. The van der Waals surface area contributed by atoms with Crippen molar-refractivity contribution in [3.05, 3.63) is 71.9 Å². The van der Waals surface area contributed by atoms with Crippen LogP contribution in [-0.2, 0) is 0 Å². The summed E-state index contributed by atoms with van der Waals surface area (Å²) in [5.74, 6) is 0.366. The topological polar surface area (TPSA) is 41.8 Å². The van der Waals surface area contributed by atoms with E-state index in [0.29, 0.717) is 12.5 Å². The van der Waals surface area contributed by atoms with Crippen molar-refractivity contribution in [3.8, 4) is 0 Å². The Morgan fingerprint density at radius 3 is 2.58 bits per heavy atom. The second-order valence-corrected chi connectivity index (χ2v) is 4.83. The highest BCUT2D eigenvalue weighted by Gasteiger charge is 2.15. The lowest BCUT2D eigenvalue weighted by Crippen LogP contribution is -2.09. The Morgan fingerprint density at radius 1 is 0.947 bits per heavy atom. The van der Waals surface area contributed by atoms with Gasteiger partial charge in [0.25, 0.3) is 0 Å². The Kier molecular flexibility index (Phi) is 3.34. The van der Waals surface area contributed by atoms with Crippen molar-refractivity contribution in [2.45, 2.75) is 12.3 Å². The van der Waals surface area contributed by atoms with Gasteiger partial charge in [-0.15, -0.1) is 0 Å². The third kappa shape index (κ3) is 2.27. The minimum absolute atomic E-state index is 0.366. The number of aromatic nitrogens is 1. The van der Waals surface area contributed by atoms with Gasteiger partial charge in [0, 0.05) is 23.0 Å². The van der Waals surface area contributed by atoms with Crippen LogP contribution in [0.3, 0.4) is 0 Å². The summed E-state index contributed by atoms with van der Waals surface area (Å²) >= 11 is 0. The molecule has 0 saturated carbocycles. The SMILES string of the molecule is NCC[C@H](c1ccccc1)c1cccc2[nH]ccc12. The van der Waals surface area contributed by atoms with E-state index in [-0.39, 0.29) is 0 Å². The van der Waals surface area contributed by atoms with E-state index >= 15 is 0 Å². The first-order valence-electron chi connectivity index (χ1n) is 6.71. The van der Waals surface area contributed by atoms with Gasteiger partial charge in [0.2, 0.25) is 0 Å². The number of H-pyrrole nitrogens is 1. The minimum atomic E-state index is 0.366. The van der Waals surface area contributed by atoms with Crippen LogP contribution in [0.4, 0.5) is 0 Å². The quantitative estimate of drug-likeness (QED) is 0.729. The lowest BCUT2D eigenvalue weighted by atomic mass is 9.87. The lowest BCUT2D eigenvalue weighted by Gasteiger charge is -2.18. The summed E-state index contributed by atoms with van der Waals surface area (Å²) in [5, 5.41) is 1.30. The predicted molar refractivity (Wildman–Crippen MR) is 80.3 cm³/mol. The maximum Gasteiger partial charge on any atom is 0.0456 e. The molecule has 2 heteroatoms. The van der Waals surface area contributed by atoms with Crippen molar-refractivity contribution in [3.63, 3.8) is 0 Å². The molecule has 19 heavy (non-hydrogen) atoms. The largest absolute Gasteiger partial charge is 0.361 e. The molecular formula is C17H18N2. The van der Waals surface area contributed by atoms with Crippen LogP contribution in [0.1, 0.15) is 23.5 Å². The number of aromatic amines is 1. The maximum absolute atomic E-state index is 5.82. The predicted octanol–water partition coefficient (Wildman–Crippen LogP) is 3.65. The van der Waals surface area contributed by atoms with Gasteiger partial charge in [-0.3, -0.25) is 0 Å². The van der Waals surface area contributed by atoms with Gasteiger partial charge in [-0.05, 0) is 36.2 Å². The fraction of sp³-hybridized carbons (Fsp3) is 0.176. The van der Waals surface area contributed by atoms with E-state index in [1.165, 1.54) is 22.0 Å². The summed E-state index contributed by atoms with van der Waals surface area (Å²) in [6.45, 7) is 0.695. The Labute approximate surface area is 113 Å². The average molecular weight is 250 g/mol. The van der Waals surface area contributed by atoms with Crippen molar-refractivity contribution in [1.82, 2.24) is 4.98 Å². The molecule has 3 N–H and O–H groups in total. The molecule has 0 aliphatic heterocycles. The van der Waals surface area contributed by atoms with Gasteiger partial charge >= 0.3 is 0 Å². The number of hydrogen-bond acceptors (Lipinski definition) is 1. The van der Waals surface area contributed by atoms with Crippen LogP contribution in [-0.4, -0.2) is 11.5 Å². The number of nitrogens with one attached hydrogen (secondary N) is 1. The van der Waals surface area contributed by atoms with Gasteiger partial charge < -0.3 is 10.7 Å². The zero-order chi connectivity index (χ0) is 13.1. The number of rotatable bonds is 4. The Bertz CT molecular complexity index is 655. The minimum Gasteiger partial charge on any atom is -0.361 e. The molecule has 0 amide bonds. The van der Waals surface area contributed by atoms with Crippen LogP contribution < -0.4 is 5.73 Å². The molecule has 0 unspecified atom stereocenters. The zero-order valence-corrected chi connectivity index (χ0v) is 10.8. The molecule has 3 aromatic rings. The van der Waals surface area contributed by atoms with Crippen LogP contribution in [0, 0.1) is 0 Å². The van der Waals surface area contributed by atoms with E-state index in [9.17, 15) is 0 Å². The number of hydrogen-bond donors (Lipinski definition) is 2. The molecule has 0 saturated heterocycles. The lowest BCUT2D eigenvalue weighted by molar-refractivity contribution is 0.731. The Balaban J connectivity index is 2.12. The molecule has 0 spiro atoms. The van der Waals surface area contributed by atoms with E-state index in [1.807, 2.05) is 6.20 Å². The molecule has 3 rings (SSSR count). The summed E-state index contributed by atoms with van der Waals surface area (Å²) in [7, 11) is 0. The van der Waals surface area contributed by atoms with E-state index in [0.717, 1.165) is 6.42 Å². The Morgan fingerprint density at radius 2 is 1.79 bits per heavy atom. The fourth-order valence-corrected chi connectivity index (χ4v) is 2.77. The van der Waals surface area contributed by atoms with Crippen molar-refractivity contribution >= 4 is 10.9 Å². The van der Waals surface area contributed by atoms with Crippen molar-refractivity contribution in [2.75, 3.05) is 6.54 Å². The summed E-state index contributed by atoms with van der Waals surface area (Å²) in [6, 6.07) is 19.2. The molecule has 1 aromatic heterocycles. The molecule has 0 bridgehead atoms. The van der Waals surface area contributed by atoms with Crippen molar-refractivity contribution in [2.24, 2.45) is 5.73 Å². The van der Waals surface area contributed by atoms with Gasteiger partial charge in [-0.25, -0.2) is 0 Å². The number of fused-ring (bicyclic) bond motifs is 1. The highest BCUT2D eigenvalue weighted by molar-refractivity contribution is 5.83. The Hall–Kier alpha value is -2.06. The van der Waals surface area contributed by atoms with Crippen LogP contribution in [0.25, 0.3) is 10.9 Å². The monoisotopic (exact) mass is 250 g/mol.